The summed E-state index contributed by atoms with van der Waals surface area (Å²) in [4.78, 5) is 24.8. The Hall–Kier alpha value is -3.03. The fraction of sp³-hybridized carbons (Fsp3) is 0.345. The van der Waals surface area contributed by atoms with E-state index in [1.54, 1.807) is 0 Å². The summed E-state index contributed by atoms with van der Waals surface area (Å²) in [6.07, 6.45) is 9.35. The van der Waals surface area contributed by atoms with Gasteiger partial charge in [-0.2, -0.15) is 0 Å². The quantitative estimate of drug-likeness (QED) is 0.277. The number of aromatic nitrogens is 3. The highest BCUT2D eigenvalue weighted by atomic mass is 79.9. The molecule has 1 fully saturated rings. The molecule has 1 atom stereocenters. The van der Waals surface area contributed by atoms with Gasteiger partial charge in [0.25, 0.3) is 0 Å². The maximum Gasteiger partial charge on any atom is 0.190 e. The third-order valence-electron chi connectivity index (χ3n) is 7.04. The lowest BCUT2D eigenvalue weighted by molar-refractivity contribution is 0.469. The highest BCUT2D eigenvalue weighted by Crippen LogP contribution is 2.36. The van der Waals surface area contributed by atoms with E-state index in [1.807, 2.05) is 62.3 Å². The van der Waals surface area contributed by atoms with Gasteiger partial charge in [0.05, 0.1) is 23.4 Å². The summed E-state index contributed by atoms with van der Waals surface area (Å²) in [5.41, 5.74) is 7.24. The van der Waals surface area contributed by atoms with E-state index in [2.05, 4.69) is 49.0 Å². The number of fused-ring (bicyclic) bond motifs is 1. The molecule has 0 aliphatic carbocycles. The molecule has 0 radical (unpaired) electrons. The third-order valence-corrected chi connectivity index (χ3v) is 7.53. The molecule has 0 saturated carbocycles. The van der Waals surface area contributed by atoms with Crippen LogP contribution in [-0.2, 0) is 20.1 Å². The van der Waals surface area contributed by atoms with Crippen molar-refractivity contribution in [3.8, 4) is 0 Å². The average Bonchev–Trinajstić information content (AvgIpc) is 2.88. The minimum atomic E-state index is 0.0517. The predicted octanol–water partition coefficient (Wildman–Crippen LogP) is 6.51. The van der Waals surface area contributed by atoms with Gasteiger partial charge < -0.3 is 14.8 Å². The monoisotopic (exact) mass is 544 g/mol. The maximum atomic E-state index is 13.1. The van der Waals surface area contributed by atoms with Gasteiger partial charge in [0.15, 0.2) is 5.43 Å². The van der Waals surface area contributed by atoms with Gasteiger partial charge >= 0.3 is 0 Å². The van der Waals surface area contributed by atoms with Crippen LogP contribution in [0.5, 0.6) is 0 Å². The molecule has 186 valence electrons. The zero-order chi connectivity index (χ0) is 25.2. The van der Waals surface area contributed by atoms with E-state index in [0.717, 1.165) is 45.4 Å². The molecule has 0 bridgehead atoms. The smallest absolute Gasteiger partial charge is 0.190 e. The lowest BCUT2D eigenvalue weighted by Crippen LogP contribution is -2.34. The van der Waals surface area contributed by atoms with E-state index in [9.17, 15) is 4.79 Å². The average molecular weight is 546 g/mol. The van der Waals surface area contributed by atoms with E-state index in [4.69, 9.17) is 5.32 Å². The van der Waals surface area contributed by atoms with Gasteiger partial charge in [-0.1, -0.05) is 21.5 Å². The Kier molecular flexibility index (Phi) is 7.21. The molecule has 0 N–H and O–H groups in total. The Morgan fingerprint density at radius 3 is 2.61 bits per heavy atom. The van der Waals surface area contributed by atoms with E-state index >= 15 is 0 Å². The Labute approximate surface area is 220 Å². The lowest BCUT2D eigenvalue weighted by Gasteiger charge is -2.39. The van der Waals surface area contributed by atoms with Crippen LogP contribution in [0.1, 0.15) is 53.4 Å². The summed E-state index contributed by atoms with van der Waals surface area (Å²) in [5.74, 6) is 0. The molecule has 36 heavy (non-hydrogen) atoms. The van der Waals surface area contributed by atoms with Crippen LogP contribution in [0.4, 0.5) is 5.69 Å². The first kappa shape index (κ1) is 24.7. The number of nitrogens with zero attached hydrogens (tertiary/aromatic N) is 5. The van der Waals surface area contributed by atoms with Crippen molar-refractivity contribution in [3.63, 3.8) is 0 Å². The zero-order valence-corrected chi connectivity index (χ0v) is 22.6. The van der Waals surface area contributed by atoms with Crippen LogP contribution in [0.3, 0.4) is 0 Å². The van der Waals surface area contributed by atoms with Gasteiger partial charge in [0.2, 0.25) is 0 Å². The molecule has 1 unspecified atom stereocenters. The van der Waals surface area contributed by atoms with Gasteiger partial charge in [0.1, 0.15) is 0 Å². The van der Waals surface area contributed by atoms with Gasteiger partial charge in [-0.05, 0) is 80.6 Å². The number of benzene rings is 1. The van der Waals surface area contributed by atoms with Gasteiger partial charge in [-0.25, -0.2) is 0 Å². The SMILES string of the molecule is Cc1ccc(N2CCCCC2c2cnc(C)cc2C[N-]Cc2cn(C)c3cc(Br)ccc3c2=O)cn1. The number of pyridine rings is 3. The molecular weight excluding hydrogens is 514 g/mol. The topological polar surface area (TPSA) is 65.1 Å². The number of piperidine rings is 1. The molecular formula is C29H31BrN5O-. The number of anilines is 1. The number of hydrogen-bond acceptors (Lipinski definition) is 4. The molecule has 1 saturated heterocycles. The summed E-state index contributed by atoms with van der Waals surface area (Å²) in [5, 5.41) is 5.58. The van der Waals surface area contributed by atoms with E-state index in [-0.39, 0.29) is 11.5 Å². The van der Waals surface area contributed by atoms with Crippen molar-refractivity contribution in [3.05, 3.63) is 103 Å². The first-order chi connectivity index (χ1) is 17.4. The Balaban J connectivity index is 1.39. The van der Waals surface area contributed by atoms with Crippen LogP contribution in [-0.4, -0.2) is 21.1 Å². The predicted molar refractivity (Wildman–Crippen MR) is 150 cm³/mol. The summed E-state index contributed by atoms with van der Waals surface area (Å²) >= 11 is 3.50. The van der Waals surface area contributed by atoms with E-state index < -0.39 is 0 Å². The van der Waals surface area contributed by atoms with Crippen LogP contribution in [0, 0.1) is 13.8 Å². The van der Waals surface area contributed by atoms with Crippen LogP contribution < -0.4 is 10.3 Å². The summed E-state index contributed by atoms with van der Waals surface area (Å²) < 4.78 is 2.96. The second-order valence-corrected chi connectivity index (χ2v) is 10.6. The van der Waals surface area contributed by atoms with Crippen molar-refractivity contribution in [2.75, 3.05) is 11.4 Å². The Morgan fingerprint density at radius 2 is 1.81 bits per heavy atom. The van der Waals surface area contributed by atoms with Crippen molar-refractivity contribution in [2.24, 2.45) is 7.05 Å². The molecule has 4 aromatic rings. The molecule has 1 aromatic carbocycles. The van der Waals surface area contributed by atoms with Crippen LogP contribution >= 0.6 is 15.9 Å². The number of hydrogen-bond donors (Lipinski definition) is 0. The highest BCUT2D eigenvalue weighted by Gasteiger charge is 2.26. The van der Waals surface area contributed by atoms with Crippen LogP contribution in [0.2, 0.25) is 0 Å². The normalized spacial score (nSPS) is 16.0. The molecule has 6 nitrogen and oxygen atoms in total. The number of rotatable bonds is 6. The highest BCUT2D eigenvalue weighted by molar-refractivity contribution is 9.10. The second-order valence-electron chi connectivity index (χ2n) is 9.68. The lowest BCUT2D eigenvalue weighted by atomic mass is 9.92. The van der Waals surface area contributed by atoms with Crippen LogP contribution in [0.15, 0.2) is 64.3 Å². The van der Waals surface area contributed by atoms with Gasteiger partial charge in [-0.15, -0.1) is 13.1 Å². The fourth-order valence-corrected chi connectivity index (χ4v) is 5.54. The molecule has 0 spiro atoms. The van der Waals surface area contributed by atoms with Crippen molar-refractivity contribution in [1.82, 2.24) is 14.5 Å². The number of aryl methyl sites for hydroxylation is 3. The third kappa shape index (κ3) is 5.08. The first-order valence-corrected chi connectivity index (χ1v) is 13.3. The minimum absolute atomic E-state index is 0.0517. The molecule has 1 aliphatic rings. The summed E-state index contributed by atoms with van der Waals surface area (Å²) in [6, 6.07) is 12.4. The maximum absolute atomic E-state index is 13.1. The molecule has 1 aliphatic heterocycles. The number of halogens is 1. The molecule has 5 rings (SSSR count). The van der Waals surface area contributed by atoms with Crippen molar-refractivity contribution < 1.29 is 0 Å². The summed E-state index contributed by atoms with van der Waals surface area (Å²) in [7, 11) is 1.97. The Morgan fingerprint density at radius 1 is 1.00 bits per heavy atom. The van der Waals surface area contributed by atoms with Gasteiger partial charge in [0, 0.05) is 47.2 Å². The van der Waals surface area contributed by atoms with Crippen LogP contribution in [0.25, 0.3) is 16.2 Å². The van der Waals surface area contributed by atoms with Crippen molar-refractivity contribution in [1.29, 1.82) is 0 Å². The van der Waals surface area contributed by atoms with Crippen molar-refractivity contribution >= 4 is 32.5 Å². The molecule has 7 heteroatoms. The van der Waals surface area contributed by atoms with E-state index in [1.165, 1.54) is 24.0 Å². The summed E-state index contributed by atoms with van der Waals surface area (Å²) in [6.45, 7) is 5.98. The first-order valence-electron chi connectivity index (χ1n) is 12.5. The zero-order valence-electron chi connectivity index (χ0n) is 21.0. The minimum Gasteiger partial charge on any atom is -0.655 e. The molecule has 4 heterocycles. The van der Waals surface area contributed by atoms with E-state index in [0.29, 0.717) is 18.7 Å². The fourth-order valence-electron chi connectivity index (χ4n) is 5.19. The largest absolute Gasteiger partial charge is 0.655 e. The molecule has 0 amide bonds. The van der Waals surface area contributed by atoms with Crippen molar-refractivity contribution in [2.45, 2.75) is 52.2 Å². The molecule has 3 aromatic heterocycles. The Bertz CT molecular complexity index is 1450. The standard InChI is InChI=1S/C29H31BrN5O/c1-19-7-9-24(16-32-19)35-11-5-4-6-27(35)26-17-33-20(2)12-21(26)14-31-15-22-18-34(3)28-13-23(30)8-10-25(28)29(22)36/h7-10,12-13,16-18,27H,4-6,11,14-15H2,1-3H3/q-1. The van der Waals surface area contributed by atoms with Gasteiger partial charge in [-0.3, -0.25) is 14.8 Å². The second kappa shape index (κ2) is 10.5.